The van der Waals surface area contributed by atoms with Gasteiger partial charge in [0.1, 0.15) is 5.82 Å². The highest BCUT2D eigenvalue weighted by molar-refractivity contribution is 6.30. The van der Waals surface area contributed by atoms with Crippen LogP contribution in [0.3, 0.4) is 0 Å². The Balaban J connectivity index is 2.61. The van der Waals surface area contributed by atoms with Crippen molar-refractivity contribution in [3.05, 3.63) is 45.7 Å². The summed E-state index contributed by atoms with van der Waals surface area (Å²) in [5.74, 6) is 0.457. The molecule has 0 saturated heterocycles. The second kappa shape index (κ2) is 3.70. The number of nitrogens with one attached hydrogen (secondary N) is 1. The van der Waals surface area contributed by atoms with Crippen LogP contribution in [0.4, 0.5) is 5.69 Å². The molecule has 0 radical (unpaired) electrons. The molecule has 0 amide bonds. The average Bonchev–Trinajstić information content (AvgIpc) is 2.70. The Morgan fingerprint density at radius 2 is 2.27 bits per heavy atom. The number of benzene rings is 1. The molecule has 0 atom stereocenters. The summed E-state index contributed by atoms with van der Waals surface area (Å²) < 4.78 is 0. The molecule has 0 aliphatic carbocycles. The van der Waals surface area contributed by atoms with Gasteiger partial charge in [-0.2, -0.15) is 0 Å². The van der Waals surface area contributed by atoms with Crippen LogP contribution >= 0.6 is 11.6 Å². The summed E-state index contributed by atoms with van der Waals surface area (Å²) in [6.07, 6.45) is 3.14. The van der Waals surface area contributed by atoms with Crippen LogP contribution in [0.25, 0.3) is 11.4 Å². The van der Waals surface area contributed by atoms with Crippen LogP contribution < -0.4 is 0 Å². The number of aromatic amines is 1. The van der Waals surface area contributed by atoms with Crippen molar-refractivity contribution in [2.75, 3.05) is 0 Å². The number of hydrogen-bond acceptors (Lipinski definition) is 3. The fourth-order valence-electron chi connectivity index (χ4n) is 1.27. The van der Waals surface area contributed by atoms with E-state index in [2.05, 4.69) is 9.97 Å². The van der Waals surface area contributed by atoms with Gasteiger partial charge in [-0.1, -0.05) is 11.6 Å². The number of imidazole rings is 1. The van der Waals surface area contributed by atoms with Gasteiger partial charge in [0, 0.05) is 23.5 Å². The summed E-state index contributed by atoms with van der Waals surface area (Å²) >= 11 is 5.69. The number of halogens is 1. The van der Waals surface area contributed by atoms with Crippen molar-refractivity contribution < 1.29 is 4.92 Å². The first-order valence-corrected chi connectivity index (χ1v) is 4.50. The van der Waals surface area contributed by atoms with E-state index in [1.807, 2.05) is 0 Å². The van der Waals surface area contributed by atoms with E-state index in [9.17, 15) is 10.1 Å². The Bertz CT molecular complexity index is 496. The maximum atomic E-state index is 10.8. The highest BCUT2D eigenvalue weighted by Gasteiger charge is 2.16. The lowest BCUT2D eigenvalue weighted by molar-refractivity contribution is -0.384. The number of aromatic nitrogens is 2. The Morgan fingerprint density at radius 3 is 2.87 bits per heavy atom. The monoisotopic (exact) mass is 223 g/mol. The van der Waals surface area contributed by atoms with Gasteiger partial charge in [-0.25, -0.2) is 4.98 Å². The van der Waals surface area contributed by atoms with Crippen molar-refractivity contribution in [1.29, 1.82) is 0 Å². The Hall–Kier alpha value is -1.88. The van der Waals surface area contributed by atoms with Gasteiger partial charge >= 0.3 is 0 Å². The molecule has 0 fully saturated rings. The number of nitrogens with zero attached hydrogens (tertiary/aromatic N) is 2. The van der Waals surface area contributed by atoms with E-state index < -0.39 is 4.92 Å². The van der Waals surface area contributed by atoms with Crippen molar-refractivity contribution in [3.63, 3.8) is 0 Å². The summed E-state index contributed by atoms with van der Waals surface area (Å²) in [4.78, 5) is 17.1. The van der Waals surface area contributed by atoms with E-state index in [0.29, 0.717) is 16.4 Å². The van der Waals surface area contributed by atoms with Crippen LogP contribution in [-0.4, -0.2) is 14.9 Å². The lowest BCUT2D eigenvalue weighted by atomic mass is 10.2. The summed E-state index contributed by atoms with van der Waals surface area (Å²) in [7, 11) is 0. The van der Waals surface area contributed by atoms with Crippen LogP contribution in [0, 0.1) is 10.1 Å². The van der Waals surface area contributed by atoms with Crippen molar-refractivity contribution in [2.45, 2.75) is 0 Å². The van der Waals surface area contributed by atoms with Crippen LogP contribution in [0.2, 0.25) is 5.02 Å². The molecule has 1 N–H and O–H groups in total. The smallest absolute Gasteiger partial charge is 0.281 e. The van der Waals surface area contributed by atoms with Gasteiger partial charge in [-0.3, -0.25) is 10.1 Å². The minimum absolute atomic E-state index is 0.0579. The predicted octanol–water partition coefficient (Wildman–Crippen LogP) is 2.64. The summed E-state index contributed by atoms with van der Waals surface area (Å²) in [5.41, 5.74) is 0.367. The highest BCUT2D eigenvalue weighted by Crippen LogP contribution is 2.29. The minimum Gasteiger partial charge on any atom is -0.344 e. The largest absolute Gasteiger partial charge is 0.344 e. The summed E-state index contributed by atoms with van der Waals surface area (Å²) in [6.45, 7) is 0. The van der Waals surface area contributed by atoms with E-state index in [4.69, 9.17) is 11.6 Å². The van der Waals surface area contributed by atoms with Crippen LogP contribution in [-0.2, 0) is 0 Å². The first kappa shape index (κ1) is 9.67. The standard InChI is InChI=1S/C9H6ClN3O2/c10-6-1-2-7(8(5-6)13(14)15)9-11-3-4-12-9/h1-5H,(H,11,12). The van der Waals surface area contributed by atoms with Gasteiger partial charge in [0.25, 0.3) is 5.69 Å². The maximum absolute atomic E-state index is 10.8. The van der Waals surface area contributed by atoms with Crippen LogP contribution in [0.1, 0.15) is 0 Å². The van der Waals surface area contributed by atoms with Gasteiger partial charge in [0.2, 0.25) is 0 Å². The van der Waals surface area contributed by atoms with E-state index in [1.54, 1.807) is 18.3 Å². The van der Waals surface area contributed by atoms with E-state index in [1.165, 1.54) is 12.3 Å². The molecular formula is C9H6ClN3O2. The first-order valence-electron chi connectivity index (χ1n) is 4.12. The van der Waals surface area contributed by atoms with Gasteiger partial charge in [-0.05, 0) is 12.1 Å². The zero-order valence-electron chi connectivity index (χ0n) is 7.48. The molecule has 5 nitrogen and oxygen atoms in total. The molecule has 1 aromatic heterocycles. The third-order valence-electron chi connectivity index (χ3n) is 1.91. The SMILES string of the molecule is O=[N+]([O-])c1cc(Cl)ccc1-c1ncc[nH]1. The molecule has 0 aliphatic heterocycles. The molecule has 76 valence electrons. The predicted molar refractivity (Wildman–Crippen MR) is 55.7 cm³/mol. The molecule has 0 saturated carbocycles. The molecule has 15 heavy (non-hydrogen) atoms. The van der Waals surface area contributed by atoms with Gasteiger partial charge in [0.15, 0.2) is 0 Å². The van der Waals surface area contributed by atoms with E-state index in [-0.39, 0.29) is 5.69 Å². The van der Waals surface area contributed by atoms with Crippen molar-refractivity contribution in [3.8, 4) is 11.4 Å². The molecule has 0 bridgehead atoms. The average molecular weight is 224 g/mol. The molecule has 2 rings (SSSR count). The number of rotatable bonds is 2. The van der Waals surface area contributed by atoms with E-state index in [0.717, 1.165) is 0 Å². The molecule has 2 aromatic rings. The zero-order valence-corrected chi connectivity index (χ0v) is 8.23. The lowest BCUT2D eigenvalue weighted by Crippen LogP contribution is -1.92. The topological polar surface area (TPSA) is 71.8 Å². The third-order valence-corrected chi connectivity index (χ3v) is 2.14. The third kappa shape index (κ3) is 1.82. The fourth-order valence-corrected chi connectivity index (χ4v) is 1.44. The van der Waals surface area contributed by atoms with Gasteiger partial charge in [-0.15, -0.1) is 0 Å². The van der Waals surface area contributed by atoms with Crippen molar-refractivity contribution in [2.24, 2.45) is 0 Å². The highest BCUT2D eigenvalue weighted by atomic mass is 35.5. The Morgan fingerprint density at radius 1 is 1.47 bits per heavy atom. The van der Waals surface area contributed by atoms with Gasteiger partial charge < -0.3 is 4.98 Å². The molecule has 0 unspecified atom stereocenters. The van der Waals surface area contributed by atoms with Crippen molar-refractivity contribution in [1.82, 2.24) is 9.97 Å². The quantitative estimate of drug-likeness (QED) is 0.628. The van der Waals surface area contributed by atoms with E-state index >= 15 is 0 Å². The molecule has 1 heterocycles. The lowest BCUT2D eigenvalue weighted by Gasteiger charge is -1.99. The summed E-state index contributed by atoms with van der Waals surface area (Å²) in [6, 6.07) is 4.46. The van der Waals surface area contributed by atoms with Gasteiger partial charge in [0.05, 0.1) is 10.5 Å². The summed E-state index contributed by atoms with van der Waals surface area (Å²) in [5, 5.41) is 11.1. The fraction of sp³-hybridized carbons (Fsp3) is 0. The molecule has 0 aliphatic rings. The molecule has 6 heteroatoms. The van der Waals surface area contributed by atoms with Crippen LogP contribution in [0.15, 0.2) is 30.6 Å². The van der Waals surface area contributed by atoms with Crippen LogP contribution in [0.5, 0.6) is 0 Å². The zero-order chi connectivity index (χ0) is 10.8. The molecule has 0 spiro atoms. The first-order chi connectivity index (χ1) is 7.18. The maximum Gasteiger partial charge on any atom is 0.281 e. The number of H-pyrrole nitrogens is 1. The minimum atomic E-state index is -0.482. The number of nitro groups is 1. The molecule has 1 aromatic carbocycles. The van der Waals surface area contributed by atoms with Crippen molar-refractivity contribution >= 4 is 17.3 Å². The Labute approximate surface area is 89.9 Å². The normalized spacial score (nSPS) is 10.2. The second-order valence-electron chi connectivity index (χ2n) is 2.86. The number of nitro benzene ring substituents is 1. The number of hydrogen-bond donors (Lipinski definition) is 1. The second-order valence-corrected chi connectivity index (χ2v) is 3.29. The molecular weight excluding hydrogens is 218 g/mol. The Kier molecular flexibility index (Phi) is 2.39.